The van der Waals surface area contributed by atoms with Gasteiger partial charge in [0.05, 0.1) is 0 Å². The third-order valence-corrected chi connectivity index (χ3v) is 4.14. The lowest BCUT2D eigenvalue weighted by Crippen LogP contribution is -2.00. The van der Waals surface area contributed by atoms with Crippen molar-refractivity contribution in [1.29, 1.82) is 0 Å². The molecule has 0 spiro atoms. The van der Waals surface area contributed by atoms with E-state index in [4.69, 9.17) is 0 Å². The smallest absolute Gasteiger partial charge is 0.0278 e. The summed E-state index contributed by atoms with van der Waals surface area (Å²) in [6.45, 7) is 6.18. The van der Waals surface area contributed by atoms with Gasteiger partial charge in [0.25, 0.3) is 0 Å². The van der Waals surface area contributed by atoms with Crippen molar-refractivity contribution < 1.29 is 0 Å². The van der Waals surface area contributed by atoms with Crippen LogP contribution in [0.3, 0.4) is 0 Å². The summed E-state index contributed by atoms with van der Waals surface area (Å²) in [6.07, 6.45) is 4.17. The zero-order chi connectivity index (χ0) is 13.0. The van der Waals surface area contributed by atoms with Crippen LogP contribution in [0.2, 0.25) is 0 Å². The van der Waals surface area contributed by atoms with Gasteiger partial charge in [0, 0.05) is 10.8 Å². The summed E-state index contributed by atoms with van der Waals surface area (Å²) in [7, 11) is 0. The Labute approximate surface area is 114 Å². The minimum Gasteiger partial charge on any atom is -0.129 e. The van der Waals surface area contributed by atoms with E-state index in [-0.39, 0.29) is 5.92 Å². The van der Waals surface area contributed by atoms with Crippen LogP contribution >= 0.6 is 11.8 Å². The van der Waals surface area contributed by atoms with E-state index in [0.29, 0.717) is 0 Å². The molecule has 0 aliphatic rings. The Morgan fingerprint density at radius 3 is 2.39 bits per heavy atom. The van der Waals surface area contributed by atoms with Gasteiger partial charge in [-0.05, 0) is 29.9 Å². The van der Waals surface area contributed by atoms with E-state index < -0.39 is 0 Å². The van der Waals surface area contributed by atoms with Crippen molar-refractivity contribution in [2.45, 2.75) is 17.7 Å². The number of hydrogen-bond donors (Lipinski definition) is 0. The van der Waals surface area contributed by atoms with Crippen molar-refractivity contribution >= 4 is 11.8 Å². The second-order valence-corrected chi connectivity index (χ2v) is 5.14. The number of rotatable bonds is 4. The lowest BCUT2D eigenvalue weighted by atomic mass is 9.90. The van der Waals surface area contributed by atoms with Crippen molar-refractivity contribution in [1.82, 2.24) is 0 Å². The van der Waals surface area contributed by atoms with Gasteiger partial charge in [0.2, 0.25) is 0 Å². The summed E-state index contributed by atoms with van der Waals surface area (Å²) in [6, 6.07) is 17.1. The minimum absolute atomic E-state index is 0.272. The van der Waals surface area contributed by atoms with Crippen LogP contribution in [-0.4, -0.2) is 6.26 Å². The van der Waals surface area contributed by atoms with Gasteiger partial charge in [-0.25, -0.2) is 0 Å². The molecule has 1 atom stereocenters. The van der Waals surface area contributed by atoms with Gasteiger partial charge >= 0.3 is 0 Å². The highest BCUT2D eigenvalue weighted by Gasteiger charge is 2.14. The molecule has 0 bridgehead atoms. The third kappa shape index (κ3) is 2.51. The average Bonchev–Trinajstić information content (AvgIpc) is 2.41. The topological polar surface area (TPSA) is 0 Å². The van der Waals surface area contributed by atoms with E-state index in [1.165, 1.54) is 21.6 Å². The van der Waals surface area contributed by atoms with E-state index in [2.05, 4.69) is 68.3 Å². The predicted molar refractivity (Wildman–Crippen MR) is 81.4 cm³/mol. The number of benzene rings is 2. The summed E-state index contributed by atoms with van der Waals surface area (Å²) in [5.74, 6) is 0.272. The molecule has 0 aliphatic heterocycles. The lowest BCUT2D eigenvalue weighted by molar-refractivity contribution is 0.979. The van der Waals surface area contributed by atoms with E-state index in [0.717, 1.165) is 0 Å². The number of aryl methyl sites for hydroxylation is 1. The van der Waals surface area contributed by atoms with Crippen molar-refractivity contribution in [2.75, 3.05) is 6.26 Å². The molecule has 2 rings (SSSR count). The lowest BCUT2D eigenvalue weighted by Gasteiger charge is -2.18. The first-order valence-electron chi connectivity index (χ1n) is 6.09. The summed E-state index contributed by atoms with van der Waals surface area (Å²) in [5.41, 5.74) is 3.99. The van der Waals surface area contributed by atoms with Crippen LogP contribution < -0.4 is 0 Å². The first-order chi connectivity index (χ1) is 8.77. The Morgan fingerprint density at radius 1 is 1.06 bits per heavy atom. The fraction of sp³-hybridized carbons (Fsp3) is 0.176. The zero-order valence-corrected chi connectivity index (χ0v) is 11.7. The molecule has 0 aliphatic carbocycles. The van der Waals surface area contributed by atoms with Crippen LogP contribution in [0.15, 0.2) is 66.1 Å². The van der Waals surface area contributed by atoms with Gasteiger partial charge in [-0.1, -0.05) is 54.6 Å². The van der Waals surface area contributed by atoms with E-state index in [1.807, 2.05) is 17.8 Å². The highest BCUT2D eigenvalue weighted by Crippen LogP contribution is 2.34. The Morgan fingerprint density at radius 2 is 1.78 bits per heavy atom. The highest BCUT2D eigenvalue weighted by molar-refractivity contribution is 7.98. The highest BCUT2D eigenvalue weighted by atomic mass is 32.2. The third-order valence-electron chi connectivity index (χ3n) is 3.18. The maximum Gasteiger partial charge on any atom is 0.0278 e. The first-order valence-corrected chi connectivity index (χ1v) is 7.31. The first kappa shape index (κ1) is 13.0. The van der Waals surface area contributed by atoms with Crippen LogP contribution in [0.5, 0.6) is 0 Å². The van der Waals surface area contributed by atoms with E-state index in [9.17, 15) is 0 Å². The molecular weight excluding hydrogens is 236 g/mol. The van der Waals surface area contributed by atoms with Crippen molar-refractivity contribution in [3.05, 3.63) is 77.9 Å². The Bertz CT molecular complexity index is 529. The molecule has 0 saturated carbocycles. The molecule has 18 heavy (non-hydrogen) atoms. The number of allylic oxidation sites excluding steroid dienone is 1. The van der Waals surface area contributed by atoms with Gasteiger partial charge in [-0.15, -0.1) is 18.3 Å². The van der Waals surface area contributed by atoms with Crippen LogP contribution in [-0.2, 0) is 0 Å². The van der Waals surface area contributed by atoms with Gasteiger partial charge in [-0.3, -0.25) is 0 Å². The molecule has 2 aromatic carbocycles. The van der Waals surface area contributed by atoms with E-state index >= 15 is 0 Å². The molecule has 1 heteroatoms. The summed E-state index contributed by atoms with van der Waals surface area (Å²) in [4.78, 5) is 1.37. The molecule has 0 radical (unpaired) electrons. The molecule has 0 nitrogen and oxygen atoms in total. The summed E-state index contributed by atoms with van der Waals surface area (Å²) >= 11 is 1.81. The largest absolute Gasteiger partial charge is 0.129 e. The average molecular weight is 254 g/mol. The van der Waals surface area contributed by atoms with Gasteiger partial charge in [0.15, 0.2) is 0 Å². The van der Waals surface area contributed by atoms with Crippen LogP contribution in [0.25, 0.3) is 0 Å². The van der Waals surface area contributed by atoms with Crippen molar-refractivity contribution in [2.24, 2.45) is 0 Å². The fourth-order valence-corrected chi connectivity index (χ4v) is 3.12. The van der Waals surface area contributed by atoms with Gasteiger partial charge in [-0.2, -0.15) is 0 Å². The van der Waals surface area contributed by atoms with Gasteiger partial charge < -0.3 is 0 Å². The molecule has 2 aromatic rings. The Hall–Kier alpha value is -1.47. The molecule has 0 N–H and O–H groups in total. The van der Waals surface area contributed by atoms with Crippen molar-refractivity contribution in [3.63, 3.8) is 0 Å². The summed E-state index contributed by atoms with van der Waals surface area (Å²) < 4.78 is 0. The normalized spacial score (nSPS) is 12.1. The molecule has 0 saturated heterocycles. The quantitative estimate of drug-likeness (QED) is 0.544. The zero-order valence-electron chi connectivity index (χ0n) is 10.9. The standard InChI is InChI=1S/C17H18S/c1-4-15(14-10-6-5-7-11-14)16-12-8-9-13(2)17(16)18-3/h4-12,15H,1H2,2-3H3. The maximum atomic E-state index is 4.01. The monoisotopic (exact) mass is 254 g/mol. The molecule has 92 valence electrons. The van der Waals surface area contributed by atoms with Gasteiger partial charge in [0.1, 0.15) is 0 Å². The Kier molecular flexibility index (Phi) is 4.27. The molecule has 0 amide bonds. The summed E-state index contributed by atoms with van der Waals surface area (Å²) in [5, 5.41) is 0. The molecule has 0 fully saturated rings. The maximum absolute atomic E-state index is 4.01. The number of hydrogen-bond acceptors (Lipinski definition) is 1. The SMILES string of the molecule is C=CC(c1ccccc1)c1cccc(C)c1SC. The van der Waals surface area contributed by atoms with Crippen LogP contribution in [0, 0.1) is 6.92 Å². The fourth-order valence-electron chi connectivity index (χ4n) is 2.30. The Balaban J connectivity index is 2.52. The van der Waals surface area contributed by atoms with Crippen LogP contribution in [0.1, 0.15) is 22.6 Å². The van der Waals surface area contributed by atoms with E-state index in [1.54, 1.807) is 0 Å². The van der Waals surface area contributed by atoms with Crippen molar-refractivity contribution in [3.8, 4) is 0 Å². The second kappa shape index (κ2) is 5.92. The molecule has 1 unspecified atom stereocenters. The number of thioether (sulfide) groups is 1. The molecule has 0 aromatic heterocycles. The molecule has 0 heterocycles. The second-order valence-electron chi connectivity index (χ2n) is 4.32. The molecular formula is C17H18S. The van der Waals surface area contributed by atoms with Crippen LogP contribution in [0.4, 0.5) is 0 Å². The minimum atomic E-state index is 0.272. The predicted octanol–water partition coefficient (Wildman–Crippen LogP) is 5.03.